The number of halogens is 3. The highest BCUT2D eigenvalue weighted by Crippen LogP contribution is 2.28. The van der Waals surface area contributed by atoms with E-state index in [9.17, 15) is 18.0 Å². The first kappa shape index (κ1) is 16.1. The molecule has 0 aliphatic heterocycles. The van der Waals surface area contributed by atoms with Crippen LogP contribution in [0.5, 0.6) is 5.75 Å². The topological polar surface area (TPSA) is 53.3 Å². The summed E-state index contributed by atoms with van der Waals surface area (Å²) in [6, 6.07) is 7.81. The van der Waals surface area contributed by atoms with E-state index in [0.29, 0.717) is 12.8 Å². The molecule has 1 aliphatic carbocycles. The molecule has 0 unspecified atom stereocenters. The number of ether oxygens (including phenoxy) is 1. The molecule has 1 aromatic rings. The summed E-state index contributed by atoms with van der Waals surface area (Å²) in [6.07, 6.45) is -2.45. The molecule has 1 aliphatic rings. The molecule has 0 saturated heterocycles. The van der Waals surface area contributed by atoms with Crippen LogP contribution in [0, 0.1) is 11.3 Å². The first-order valence-electron chi connectivity index (χ1n) is 6.89. The van der Waals surface area contributed by atoms with Gasteiger partial charge in [-0.25, -0.2) is 0 Å². The Morgan fingerprint density at radius 2 is 2.05 bits per heavy atom. The molecule has 4 nitrogen and oxygen atoms in total. The smallest absolute Gasteiger partial charge is 0.406 e. The second-order valence-corrected chi connectivity index (χ2v) is 5.12. The van der Waals surface area contributed by atoms with E-state index in [-0.39, 0.29) is 17.4 Å². The van der Waals surface area contributed by atoms with Gasteiger partial charge in [0.25, 0.3) is 5.91 Å². The molecule has 0 heterocycles. The first-order chi connectivity index (χ1) is 10.4. The fourth-order valence-corrected chi connectivity index (χ4v) is 2.22. The highest BCUT2D eigenvalue weighted by atomic mass is 19.4. The van der Waals surface area contributed by atoms with Gasteiger partial charge >= 0.3 is 6.18 Å². The number of amides is 1. The van der Waals surface area contributed by atoms with Crippen molar-refractivity contribution in [2.24, 2.45) is 0 Å². The molecule has 22 heavy (non-hydrogen) atoms. The van der Waals surface area contributed by atoms with Gasteiger partial charge in [-0.3, -0.25) is 4.79 Å². The Morgan fingerprint density at radius 3 is 2.59 bits per heavy atom. The molecule has 1 fully saturated rings. The van der Waals surface area contributed by atoms with E-state index < -0.39 is 25.2 Å². The minimum atomic E-state index is -4.43. The van der Waals surface area contributed by atoms with E-state index >= 15 is 0 Å². The molecule has 0 aromatic heterocycles. The summed E-state index contributed by atoms with van der Waals surface area (Å²) in [5.41, 5.74) is 0.237. The summed E-state index contributed by atoms with van der Waals surface area (Å²) >= 11 is 0. The average molecular weight is 312 g/mol. The largest absolute Gasteiger partial charge is 0.482 e. The van der Waals surface area contributed by atoms with Crippen molar-refractivity contribution in [2.45, 2.75) is 31.5 Å². The van der Waals surface area contributed by atoms with Gasteiger partial charge in [0.05, 0.1) is 5.56 Å². The summed E-state index contributed by atoms with van der Waals surface area (Å²) in [5.74, 6) is -0.520. The Morgan fingerprint density at radius 1 is 1.36 bits per heavy atom. The van der Waals surface area contributed by atoms with E-state index in [4.69, 9.17) is 10.00 Å². The molecule has 2 rings (SSSR count). The number of hydrogen-bond acceptors (Lipinski definition) is 3. The van der Waals surface area contributed by atoms with Crippen LogP contribution >= 0.6 is 0 Å². The van der Waals surface area contributed by atoms with Crippen molar-refractivity contribution < 1.29 is 22.7 Å². The molecular formula is C15H15F3N2O2. The van der Waals surface area contributed by atoms with Crippen molar-refractivity contribution in [2.75, 3.05) is 13.2 Å². The minimum Gasteiger partial charge on any atom is -0.482 e. The molecule has 1 aromatic carbocycles. The molecule has 1 saturated carbocycles. The van der Waals surface area contributed by atoms with Crippen LogP contribution in [-0.2, 0) is 4.79 Å². The predicted molar refractivity (Wildman–Crippen MR) is 72.1 cm³/mol. The Balaban J connectivity index is 2.00. The van der Waals surface area contributed by atoms with Gasteiger partial charge in [0, 0.05) is 6.04 Å². The number of alkyl halides is 3. The van der Waals surface area contributed by atoms with Gasteiger partial charge in [-0.1, -0.05) is 12.1 Å². The lowest BCUT2D eigenvalue weighted by molar-refractivity contribution is -0.170. The number of nitriles is 1. The normalized spacial score (nSPS) is 14.8. The van der Waals surface area contributed by atoms with E-state index in [0.717, 1.165) is 11.3 Å². The summed E-state index contributed by atoms with van der Waals surface area (Å²) in [7, 11) is 0. The number of carbonyl (C=O) groups excluding carboxylic acids is 1. The average Bonchev–Trinajstić information content (AvgIpc) is 2.41. The van der Waals surface area contributed by atoms with Crippen LogP contribution in [0.3, 0.4) is 0 Å². The third kappa shape index (κ3) is 4.13. The summed E-state index contributed by atoms with van der Waals surface area (Å²) < 4.78 is 43.0. The van der Waals surface area contributed by atoms with Crippen molar-refractivity contribution in [3.8, 4) is 11.8 Å². The van der Waals surface area contributed by atoms with Crippen molar-refractivity contribution >= 4 is 5.91 Å². The quantitative estimate of drug-likeness (QED) is 0.840. The monoisotopic (exact) mass is 312 g/mol. The molecular weight excluding hydrogens is 297 g/mol. The maximum Gasteiger partial charge on any atom is 0.406 e. The second kappa shape index (κ2) is 6.69. The van der Waals surface area contributed by atoms with E-state index in [1.807, 2.05) is 6.07 Å². The van der Waals surface area contributed by atoms with E-state index in [1.165, 1.54) is 12.1 Å². The zero-order valence-electron chi connectivity index (χ0n) is 11.8. The second-order valence-electron chi connectivity index (χ2n) is 5.12. The predicted octanol–water partition coefficient (Wildman–Crippen LogP) is 2.88. The van der Waals surface area contributed by atoms with Crippen LogP contribution < -0.4 is 4.74 Å². The van der Waals surface area contributed by atoms with Gasteiger partial charge in [0.2, 0.25) is 0 Å². The van der Waals surface area contributed by atoms with Crippen LogP contribution in [0.4, 0.5) is 13.2 Å². The number of carbonyl (C=O) groups is 1. The van der Waals surface area contributed by atoms with Crippen molar-refractivity contribution in [1.29, 1.82) is 5.26 Å². The molecule has 0 N–H and O–H groups in total. The first-order valence-corrected chi connectivity index (χ1v) is 6.89. The van der Waals surface area contributed by atoms with Gasteiger partial charge < -0.3 is 9.64 Å². The fraction of sp³-hybridized carbons (Fsp3) is 0.467. The van der Waals surface area contributed by atoms with E-state index in [1.54, 1.807) is 12.1 Å². The molecule has 7 heteroatoms. The van der Waals surface area contributed by atoms with Gasteiger partial charge in [0.15, 0.2) is 6.61 Å². The van der Waals surface area contributed by atoms with Crippen molar-refractivity contribution in [3.05, 3.63) is 29.8 Å². The summed E-state index contributed by atoms with van der Waals surface area (Å²) in [4.78, 5) is 12.9. The molecule has 0 radical (unpaired) electrons. The third-order valence-electron chi connectivity index (χ3n) is 3.54. The minimum absolute atomic E-state index is 0.193. The highest BCUT2D eigenvalue weighted by Gasteiger charge is 2.38. The number of para-hydroxylation sites is 1. The zero-order chi connectivity index (χ0) is 16.2. The third-order valence-corrected chi connectivity index (χ3v) is 3.54. The van der Waals surface area contributed by atoms with Crippen LogP contribution in [0.2, 0.25) is 0 Å². The molecule has 118 valence electrons. The molecule has 0 bridgehead atoms. The van der Waals surface area contributed by atoms with Crippen LogP contribution in [0.15, 0.2) is 24.3 Å². The highest BCUT2D eigenvalue weighted by molar-refractivity contribution is 5.78. The van der Waals surface area contributed by atoms with Gasteiger partial charge in [0.1, 0.15) is 18.4 Å². The van der Waals surface area contributed by atoms with Gasteiger partial charge in [-0.15, -0.1) is 0 Å². The van der Waals surface area contributed by atoms with Gasteiger partial charge in [-0.2, -0.15) is 18.4 Å². The number of nitrogens with zero attached hydrogens (tertiary/aromatic N) is 2. The Labute approximate surface area is 126 Å². The number of rotatable bonds is 5. The molecule has 1 amide bonds. The fourth-order valence-electron chi connectivity index (χ4n) is 2.22. The lowest BCUT2D eigenvalue weighted by Crippen LogP contribution is -2.50. The Bertz CT molecular complexity index is 577. The zero-order valence-corrected chi connectivity index (χ0v) is 11.8. The lowest BCUT2D eigenvalue weighted by Gasteiger charge is -2.37. The van der Waals surface area contributed by atoms with Gasteiger partial charge in [-0.05, 0) is 31.4 Å². The summed E-state index contributed by atoms with van der Waals surface area (Å²) in [6.45, 7) is -1.77. The van der Waals surface area contributed by atoms with Crippen LogP contribution in [0.1, 0.15) is 24.8 Å². The Hall–Kier alpha value is -2.23. The lowest BCUT2D eigenvalue weighted by atomic mass is 9.91. The number of hydrogen-bond donors (Lipinski definition) is 0. The maximum absolute atomic E-state index is 12.6. The van der Waals surface area contributed by atoms with E-state index in [2.05, 4.69) is 0 Å². The standard InChI is InChI=1S/C15H15F3N2O2/c16-15(17,18)10-20(12-5-3-6-12)14(21)9-22-13-7-2-1-4-11(13)8-19/h1-2,4,7,12H,3,5-6,9-10H2. The maximum atomic E-state index is 12.6. The molecule has 0 atom stereocenters. The van der Waals surface area contributed by atoms with Crippen LogP contribution in [0.25, 0.3) is 0 Å². The number of benzene rings is 1. The van der Waals surface area contributed by atoms with Crippen LogP contribution in [-0.4, -0.2) is 36.2 Å². The molecule has 0 spiro atoms. The Kier molecular flexibility index (Phi) is 4.91. The SMILES string of the molecule is N#Cc1ccccc1OCC(=O)N(CC(F)(F)F)C1CCC1. The van der Waals surface area contributed by atoms with Crippen molar-refractivity contribution in [3.63, 3.8) is 0 Å². The van der Waals surface area contributed by atoms with Crippen molar-refractivity contribution in [1.82, 2.24) is 4.90 Å². The summed E-state index contributed by atoms with van der Waals surface area (Å²) in [5, 5.41) is 8.91.